The summed E-state index contributed by atoms with van der Waals surface area (Å²) in [6, 6.07) is 16.0. The zero-order chi connectivity index (χ0) is 31.9. The molecule has 4 aromatic rings. The molecule has 4 aromatic heterocycles. The van der Waals surface area contributed by atoms with Crippen molar-refractivity contribution < 1.29 is 0 Å². The fourth-order valence-electron chi connectivity index (χ4n) is 6.25. The summed E-state index contributed by atoms with van der Waals surface area (Å²) in [5.41, 5.74) is 13.5. The Morgan fingerprint density at radius 2 is 0.917 bits per heavy atom. The third-order valence-corrected chi connectivity index (χ3v) is 8.30. The van der Waals surface area contributed by atoms with Gasteiger partial charge in [0.05, 0.1) is 45.6 Å². The first-order chi connectivity index (χ1) is 23.8. The number of aromatic nitrogens is 4. The zero-order valence-corrected chi connectivity index (χ0v) is 25.4. The highest BCUT2D eigenvalue weighted by Crippen LogP contribution is 2.45. The van der Waals surface area contributed by atoms with Crippen LogP contribution in [0.3, 0.4) is 0 Å². The Balaban J connectivity index is 1.43. The highest BCUT2D eigenvalue weighted by atomic mass is 14.9. The summed E-state index contributed by atoms with van der Waals surface area (Å²) in [5, 5.41) is 0. The van der Waals surface area contributed by atoms with Crippen molar-refractivity contribution in [1.29, 1.82) is 0 Å². The lowest BCUT2D eigenvalue weighted by molar-refractivity contribution is 1.29. The lowest BCUT2D eigenvalue weighted by Gasteiger charge is -2.16. The van der Waals surface area contributed by atoms with Gasteiger partial charge in [0.25, 0.3) is 0 Å². The highest BCUT2D eigenvalue weighted by molar-refractivity contribution is 6.50. The van der Waals surface area contributed by atoms with Gasteiger partial charge in [0.2, 0.25) is 0 Å². The van der Waals surface area contributed by atoms with E-state index in [0.717, 1.165) is 90.2 Å². The molecule has 0 fully saturated rings. The highest BCUT2D eigenvalue weighted by Gasteiger charge is 2.33. The minimum atomic E-state index is 0.745. The predicted molar refractivity (Wildman–Crippen MR) is 191 cm³/mol. The molecule has 0 radical (unpaired) electrons. The minimum absolute atomic E-state index is 0.745. The molecule has 0 atom stereocenters. The molecular weight excluding hydrogens is 592 g/mol. The Hall–Kier alpha value is -6.80. The van der Waals surface area contributed by atoms with Crippen molar-refractivity contribution in [2.75, 3.05) is 0 Å². The van der Waals surface area contributed by atoms with E-state index in [1.165, 1.54) is 0 Å². The largest absolute Gasteiger partial charge is 0.264 e. The molecule has 48 heavy (non-hydrogen) atoms. The molecule has 5 aliphatic rings. The van der Waals surface area contributed by atoms with Crippen molar-refractivity contribution in [3.63, 3.8) is 0 Å². The van der Waals surface area contributed by atoms with Crippen LogP contribution in [0, 0.1) is 0 Å². The predicted octanol–water partition coefficient (Wildman–Crippen LogP) is 7.27. The van der Waals surface area contributed by atoms with E-state index >= 15 is 0 Å². The van der Waals surface area contributed by atoms with Crippen molar-refractivity contribution in [1.82, 2.24) is 19.9 Å². The van der Waals surface area contributed by atoms with Crippen molar-refractivity contribution in [2.45, 2.75) is 0 Å². The van der Waals surface area contributed by atoms with Crippen LogP contribution in [0.4, 0.5) is 0 Å². The monoisotopic (exact) mass is 616 g/mol. The molecular formula is C40H24N8. The van der Waals surface area contributed by atoms with Crippen LogP contribution in [-0.2, 0) is 0 Å². The van der Waals surface area contributed by atoms with Gasteiger partial charge in [0.15, 0.2) is 0 Å². The lowest BCUT2D eigenvalue weighted by Crippen LogP contribution is -2.07. The van der Waals surface area contributed by atoms with Gasteiger partial charge in [-0.05, 0) is 72.9 Å². The SMILES string of the molecule is C1=CC2=NC1=CC1=NC(=C(c3cccnc3)C3=NC(=CC4=NC(=C2)C=C4)C=C3c2cccnc2)C(c2cccnc2)=C1c1cccnc1. The number of aliphatic imine (C=N–C) groups is 4. The Labute approximate surface area is 276 Å². The van der Waals surface area contributed by atoms with Crippen LogP contribution in [0.25, 0.3) is 22.3 Å². The van der Waals surface area contributed by atoms with E-state index < -0.39 is 0 Å². The first kappa shape index (κ1) is 27.5. The van der Waals surface area contributed by atoms with Crippen LogP contribution >= 0.6 is 0 Å². The molecule has 0 amide bonds. The van der Waals surface area contributed by atoms with Crippen LogP contribution in [-0.4, -0.2) is 42.8 Å². The van der Waals surface area contributed by atoms with E-state index in [1.54, 1.807) is 24.8 Å². The fourth-order valence-corrected chi connectivity index (χ4v) is 6.25. The number of allylic oxidation sites excluding steroid dienone is 12. The van der Waals surface area contributed by atoms with E-state index in [1.807, 2.05) is 104 Å². The van der Waals surface area contributed by atoms with Gasteiger partial charge in [0, 0.05) is 94.1 Å². The van der Waals surface area contributed by atoms with E-state index in [9.17, 15) is 0 Å². The average Bonchev–Trinajstić information content (AvgIpc) is 3.94. The molecule has 9 heterocycles. The summed E-state index contributed by atoms with van der Waals surface area (Å²) in [5.74, 6) is 0. The molecule has 0 spiro atoms. The Kier molecular flexibility index (Phi) is 6.61. The second-order valence-electron chi connectivity index (χ2n) is 11.4. The van der Waals surface area contributed by atoms with Gasteiger partial charge in [-0.3, -0.25) is 19.9 Å². The molecule has 8 heteroatoms. The number of fused-ring (bicyclic) bond motifs is 4. The molecule has 0 aliphatic carbocycles. The summed E-state index contributed by atoms with van der Waals surface area (Å²) < 4.78 is 0. The maximum atomic E-state index is 5.46. The Bertz CT molecular complexity index is 2380. The van der Waals surface area contributed by atoms with Crippen molar-refractivity contribution in [3.8, 4) is 0 Å². The van der Waals surface area contributed by atoms with Crippen LogP contribution in [0.2, 0.25) is 0 Å². The van der Waals surface area contributed by atoms with Crippen LogP contribution < -0.4 is 0 Å². The smallest absolute Gasteiger partial charge is 0.0824 e. The Morgan fingerprint density at radius 1 is 0.396 bits per heavy atom. The molecule has 0 saturated heterocycles. The molecule has 9 rings (SSSR count). The van der Waals surface area contributed by atoms with Gasteiger partial charge in [-0.15, -0.1) is 0 Å². The number of pyridine rings is 4. The molecule has 0 saturated carbocycles. The third kappa shape index (κ3) is 4.98. The summed E-state index contributed by atoms with van der Waals surface area (Å²) in [7, 11) is 0. The fraction of sp³-hybridized carbons (Fsp3) is 0. The van der Waals surface area contributed by atoms with E-state index in [2.05, 4.69) is 38.1 Å². The van der Waals surface area contributed by atoms with Gasteiger partial charge in [-0.2, -0.15) is 0 Å². The summed E-state index contributed by atoms with van der Waals surface area (Å²) >= 11 is 0. The molecule has 5 aliphatic heterocycles. The quantitative estimate of drug-likeness (QED) is 0.241. The third-order valence-electron chi connectivity index (χ3n) is 8.30. The van der Waals surface area contributed by atoms with Crippen molar-refractivity contribution >= 4 is 45.1 Å². The Morgan fingerprint density at radius 3 is 1.50 bits per heavy atom. The molecule has 8 nitrogen and oxygen atoms in total. The van der Waals surface area contributed by atoms with Crippen molar-refractivity contribution in [2.24, 2.45) is 20.0 Å². The van der Waals surface area contributed by atoms with Gasteiger partial charge >= 0.3 is 0 Å². The number of nitrogens with zero attached hydrogens (tertiary/aromatic N) is 8. The van der Waals surface area contributed by atoms with Crippen LogP contribution in [0.1, 0.15) is 22.3 Å². The minimum Gasteiger partial charge on any atom is -0.264 e. The average molecular weight is 617 g/mol. The second kappa shape index (κ2) is 11.5. The van der Waals surface area contributed by atoms with Gasteiger partial charge in [0.1, 0.15) is 0 Å². The lowest BCUT2D eigenvalue weighted by atomic mass is 9.87. The number of rotatable bonds is 4. The molecule has 0 N–H and O–H groups in total. The second-order valence-corrected chi connectivity index (χ2v) is 11.4. The first-order valence-corrected chi connectivity index (χ1v) is 15.5. The first-order valence-electron chi connectivity index (χ1n) is 15.5. The summed E-state index contributed by atoms with van der Waals surface area (Å²) in [6.07, 6.45) is 30.6. The van der Waals surface area contributed by atoms with Crippen LogP contribution in [0.5, 0.6) is 0 Å². The molecule has 224 valence electrons. The van der Waals surface area contributed by atoms with Crippen LogP contribution in [0.15, 0.2) is 189 Å². The standard InChI is InChI=1S/C40H24N8/c1-5-25(21-41-13-1)34-19-33-18-31-10-9-29(45-31)17-30-11-12-32(46-30)20-35-36(26-6-2-14-42-22-26)37(27-7-3-15-43-23-27)40(48-35)38(39(34)47-33)28-8-4-16-44-24-28/h1-24H. The van der Waals surface area contributed by atoms with Crippen molar-refractivity contribution in [3.05, 3.63) is 192 Å². The van der Waals surface area contributed by atoms with Gasteiger partial charge in [-0.25, -0.2) is 20.0 Å². The maximum Gasteiger partial charge on any atom is 0.0824 e. The topological polar surface area (TPSA) is 101 Å². The molecule has 8 bridgehead atoms. The van der Waals surface area contributed by atoms with E-state index in [-0.39, 0.29) is 0 Å². The molecule has 0 aromatic carbocycles. The van der Waals surface area contributed by atoms with Gasteiger partial charge < -0.3 is 0 Å². The maximum absolute atomic E-state index is 5.46. The van der Waals surface area contributed by atoms with Gasteiger partial charge in [-0.1, -0.05) is 24.3 Å². The number of hydrogen-bond acceptors (Lipinski definition) is 8. The van der Waals surface area contributed by atoms with E-state index in [0.29, 0.717) is 0 Å². The summed E-state index contributed by atoms with van der Waals surface area (Å²) in [4.78, 5) is 38.6. The summed E-state index contributed by atoms with van der Waals surface area (Å²) in [6.45, 7) is 0. The molecule has 0 unspecified atom stereocenters. The normalized spacial score (nSPS) is 17.8. The number of hydrogen-bond donors (Lipinski definition) is 0. The zero-order valence-electron chi connectivity index (χ0n) is 25.4. The van der Waals surface area contributed by atoms with E-state index in [4.69, 9.17) is 20.0 Å².